The van der Waals surface area contributed by atoms with Crippen molar-refractivity contribution in [1.29, 1.82) is 0 Å². The Morgan fingerprint density at radius 2 is 2.05 bits per heavy atom. The first-order valence-corrected chi connectivity index (χ1v) is 8.83. The van der Waals surface area contributed by atoms with Crippen LogP contribution in [0.2, 0.25) is 0 Å². The second-order valence-electron chi connectivity index (χ2n) is 8.50. The minimum absolute atomic E-state index is 0.163. The Labute approximate surface area is 130 Å². The highest BCUT2D eigenvalue weighted by atomic mass is 16.6. The van der Waals surface area contributed by atoms with Crippen LogP contribution in [0.4, 0.5) is 0 Å². The molecule has 1 heteroatoms. The van der Waals surface area contributed by atoms with Gasteiger partial charge in [0.2, 0.25) is 0 Å². The molecule has 1 heterocycles. The number of epoxide rings is 1. The number of hydrogen-bond donors (Lipinski definition) is 0. The fourth-order valence-corrected chi connectivity index (χ4v) is 5.03. The average molecular weight is 288 g/mol. The SMILES string of the molecule is C=C(C)[C@H]1CC[C@@]2(C)C[C@H]3O[C@]3(C)CC/C=C(\C)CC[C@H]12. The fraction of sp³-hybridized carbons (Fsp3) is 0.800. The molecule has 0 unspecified atom stereocenters. The van der Waals surface area contributed by atoms with Gasteiger partial charge in [0.15, 0.2) is 0 Å². The van der Waals surface area contributed by atoms with Gasteiger partial charge in [-0.25, -0.2) is 0 Å². The molecule has 0 spiro atoms. The smallest absolute Gasteiger partial charge is 0.0923 e. The van der Waals surface area contributed by atoms with Gasteiger partial charge in [-0.2, -0.15) is 0 Å². The van der Waals surface area contributed by atoms with E-state index in [1.54, 1.807) is 5.57 Å². The molecule has 21 heavy (non-hydrogen) atoms. The zero-order chi connectivity index (χ0) is 15.3. The van der Waals surface area contributed by atoms with Crippen molar-refractivity contribution < 1.29 is 4.74 Å². The van der Waals surface area contributed by atoms with E-state index in [-0.39, 0.29) is 5.60 Å². The Balaban J connectivity index is 1.85. The van der Waals surface area contributed by atoms with E-state index >= 15 is 0 Å². The maximum atomic E-state index is 6.13. The van der Waals surface area contributed by atoms with Crippen LogP contribution in [0.1, 0.15) is 72.6 Å². The number of ether oxygens (including phenoxy) is 1. The van der Waals surface area contributed by atoms with E-state index in [0.717, 1.165) is 11.8 Å². The Morgan fingerprint density at radius 3 is 2.76 bits per heavy atom. The van der Waals surface area contributed by atoms with E-state index in [2.05, 4.69) is 40.3 Å². The maximum absolute atomic E-state index is 6.13. The Bertz CT molecular complexity index is 462. The summed E-state index contributed by atoms with van der Waals surface area (Å²) in [4.78, 5) is 0. The van der Waals surface area contributed by atoms with Crippen LogP contribution in [-0.4, -0.2) is 11.7 Å². The second-order valence-corrected chi connectivity index (χ2v) is 8.50. The lowest BCUT2D eigenvalue weighted by Crippen LogP contribution is -2.29. The van der Waals surface area contributed by atoms with Crippen molar-refractivity contribution in [3.63, 3.8) is 0 Å². The fourth-order valence-electron chi connectivity index (χ4n) is 5.03. The number of rotatable bonds is 1. The molecule has 1 aliphatic heterocycles. The molecule has 0 aromatic heterocycles. The number of hydrogen-bond acceptors (Lipinski definition) is 1. The molecular formula is C20H32O. The highest BCUT2D eigenvalue weighted by Gasteiger charge is 2.56. The summed E-state index contributed by atoms with van der Waals surface area (Å²) in [5, 5.41) is 0. The van der Waals surface area contributed by atoms with E-state index in [9.17, 15) is 0 Å². The molecular weight excluding hydrogens is 256 g/mol. The van der Waals surface area contributed by atoms with Crippen molar-refractivity contribution in [1.82, 2.24) is 0 Å². The molecule has 0 bridgehead atoms. The Morgan fingerprint density at radius 1 is 1.29 bits per heavy atom. The molecule has 0 N–H and O–H groups in total. The van der Waals surface area contributed by atoms with E-state index in [1.807, 2.05) is 0 Å². The second kappa shape index (κ2) is 5.26. The van der Waals surface area contributed by atoms with Crippen molar-refractivity contribution in [2.75, 3.05) is 0 Å². The molecule has 1 saturated heterocycles. The van der Waals surface area contributed by atoms with Crippen LogP contribution < -0.4 is 0 Å². The summed E-state index contributed by atoms with van der Waals surface area (Å²) in [7, 11) is 0. The van der Waals surface area contributed by atoms with Crippen LogP contribution in [-0.2, 0) is 4.74 Å². The number of allylic oxidation sites excluding steroid dienone is 3. The van der Waals surface area contributed by atoms with Crippen LogP contribution in [0, 0.1) is 17.3 Å². The van der Waals surface area contributed by atoms with Crippen LogP contribution in [0.15, 0.2) is 23.8 Å². The van der Waals surface area contributed by atoms with Gasteiger partial charge in [0.25, 0.3) is 0 Å². The molecule has 0 amide bonds. The third-order valence-electron chi connectivity index (χ3n) is 6.71. The molecule has 0 aromatic carbocycles. The first-order chi connectivity index (χ1) is 9.84. The lowest BCUT2D eigenvalue weighted by molar-refractivity contribution is 0.158. The predicted molar refractivity (Wildman–Crippen MR) is 89.3 cm³/mol. The van der Waals surface area contributed by atoms with Crippen LogP contribution in [0.25, 0.3) is 0 Å². The van der Waals surface area contributed by atoms with Gasteiger partial charge in [-0.05, 0) is 83.0 Å². The van der Waals surface area contributed by atoms with Crippen molar-refractivity contribution >= 4 is 0 Å². The summed E-state index contributed by atoms with van der Waals surface area (Å²) in [5.41, 5.74) is 3.60. The standard InChI is InChI=1S/C20H32O/c1-14(2)16-10-12-19(4)13-18-20(5,21-18)11-6-7-15(3)8-9-17(16)19/h7,16-18H,1,6,8-13H2,2-5H3/b15-7+/t16-,17-,18-,19+,20-/m1/s1. The van der Waals surface area contributed by atoms with Crippen LogP contribution >= 0.6 is 0 Å². The third kappa shape index (κ3) is 2.86. The highest BCUT2D eigenvalue weighted by Crippen LogP contribution is 2.58. The molecule has 5 atom stereocenters. The molecule has 0 aromatic rings. The van der Waals surface area contributed by atoms with Crippen LogP contribution in [0.5, 0.6) is 0 Å². The number of fused-ring (bicyclic) bond motifs is 2. The van der Waals surface area contributed by atoms with Crippen molar-refractivity contribution in [2.45, 2.75) is 84.3 Å². The topological polar surface area (TPSA) is 12.5 Å². The highest BCUT2D eigenvalue weighted by molar-refractivity contribution is 5.13. The van der Waals surface area contributed by atoms with Crippen molar-refractivity contribution in [3.8, 4) is 0 Å². The summed E-state index contributed by atoms with van der Waals surface area (Å²) in [6.45, 7) is 13.7. The summed E-state index contributed by atoms with van der Waals surface area (Å²) < 4.78 is 6.13. The molecule has 1 saturated carbocycles. The van der Waals surface area contributed by atoms with Crippen molar-refractivity contribution in [3.05, 3.63) is 23.8 Å². The van der Waals surface area contributed by atoms with Crippen molar-refractivity contribution in [2.24, 2.45) is 17.3 Å². The Hall–Kier alpha value is -0.560. The largest absolute Gasteiger partial charge is 0.366 e. The van der Waals surface area contributed by atoms with Gasteiger partial charge in [-0.15, -0.1) is 0 Å². The zero-order valence-corrected chi connectivity index (χ0v) is 14.4. The summed E-state index contributed by atoms with van der Waals surface area (Å²) in [6.07, 6.45) is 11.9. The molecule has 3 rings (SSSR count). The summed E-state index contributed by atoms with van der Waals surface area (Å²) >= 11 is 0. The van der Waals surface area contributed by atoms with Gasteiger partial charge in [-0.1, -0.05) is 30.7 Å². The average Bonchev–Trinajstić information content (AvgIpc) is 2.88. The van der Waals surface area contributed by atoms with Gasteiger partial charge >= 0.3 is 0 Å². The summed E-state index contributed by atoms with van der Waals surface area (Å²) in [6, 6.07) is 0. The Kier molecular flexibility index (Phi) is 3.84. The van der Waals surface area contributed by atoms with E-state index in [4.69, 9.17) is 4.74 Å². The summed E-state index contributed by atoms with van der Waals surface area (Å²) in [5.74, 6) is 1.53. The van der Waals surface area contributed by atoms with Gasteiger partial charge < -0.3 is 4.74 Å². The molecule has 2 aliphatic carbocycles. The van der Waals surface area contributed by atoms with E-state index in [1.165, 1.54) is 50.5 Å². The van der Waals surface area contributed by atoms with E-state index < -0.39 is 0 Å². The lowest BCUT2D eigenvalue weighted by Gasteiger charge is -2.35. The zero-order valence-electron chi connectivity index (χ0n) is 14.4. The molecule has 3 aliphatic rings. The molecule has 2 fully saturated rings. The maximum Gasteiger partial charge on any atom is 0.0923 e. The normalized spacial score (nSPS) is 49.3. The minimum atomic E-state index is 0.163. The molecule has 118 valence electrons. The monoisotopic (exact) mass is 288 g/mol. The quantitative estimate of drug-likeness (QED) is 0.448. The third-order valence-corrected chi connectivity index (χ3v) is 6.71. The van der Waals surface area contributed by atoms with Gasteiger partial charge in [0.1, 0.15) is 0 Å². The molecule has 1 nitrogen and oxygen atoms in total. The first kappa shape index (κ1) is 15.3. The molecule has 0 radical (unpaired) electrons. The van der Waals surface area contributed by atoms with Gasteiger partial charge in [0.05, 0.1) is 11.7 Å². The van der Waals surface area contributed by atoms with Gasteiger partial charge in [0, 0.05) is 0 Å². The first-order valence-electron chi connectivity index (χ1n) is 8.83. The predicted octanol–water partition coefficient (Wildman–Crippen LogP) is 5.66. The van der Waals surface area contributed by atoms with E-state index in [0.29, 0.717) is 11.5 Å². The van der Waals surface area contributed by atoms with Gasteiger partial charge in [-0.3, -0.25) is 0 Å². The minimum Gasteiger partial charge on any atom is -0.366 e. The lowest BCUT2D eigenvalue weighted by atomic mass is 9.69. The van der Waals surface area contributed by atoms with Crippen LogP contribution in [0.3, 0.4) is 0 Å².